The van der Waals surface area contributed by atoms with E-state index < -0.39 is 9.84 Å². The van der Waals surface area contributed by atoms with Gasteiger partial charge in [-0.05, 0) is 45.7 Å². The van der Waals surface area contributed by atoms with E-state index in [1.54, 1.807) is 0 Å². The topological polar surface area (TPSA) is 73.8 Å². The molecule has 0 aromatic rings. The molecule has 2 aliphatic rings. The lowest BCUT2D eigenvalue weighted by Crippen LogP contribution is -2.44. The van der Waals surface area contributed by atoms with Crippen LogP contribution in [0.2, 0.25) is 0 Å². The van der Waals surface area contributed by atoms with Gasteiger partial charge in [0.05, 0.1) is 11.5 Å². The fourth-order valence-corrected chi connectivity index (χ4v) is 4.74. The highest BCUT2D eigenvalue weighted by Crippen LogP contribution is 2.15. The van der Waals surface area contributed by atoms with Crippen molar-refractivity contribution in [2.45, 2.75) is 32.2 Å². The minimum absolute atomic E-state index is 0.00169. The summed E-state index contributed by atoms with van der Waals surface area (Å²) >= 11 is 0. The normalized spacial score (nSPS) is 30.3. The van der Waals surface area contributed by atoms with Crippen molar-refractivity contribution in [2.24, 2.45) is 10.9 Å². The van der Waals surface area contributed by atoms with Gasteiger partial charge in [0, 0.05) is 25.7 Å². The van der Waals surface area contributed by atoms with E-state index in [0.717, 1.165) is 25.6 Å². The maximum Gasteiger partial charge on any atom is 0.191 e. The highest BCUT2D eigenvalue weighted by atomic mass is 32.2. The maximum absolute atomic E-state index is 11.5. The Morgan fingerprint density at radius 1 is 1.38 bits per heavy atom. The largest absolute Gasteiger partial charge is 0.357 e. The summed E-state index contributed by atoms with van der Waals surface area (Å²) in [6, 6.07) is 0.00169. The first-order valence-electron chi connectivity index (χ1n) is 7.92. The standard InChI is InChI=1S/C14H28N4O2S/c1-3-15-14(17-13-6-8-21(19,20)11-13)16-9-12-5-4-7-18(2)10-12/h12-13H,3-11H2,1-2H3,(H2,15,16,17). The van der Waals surface area contributed by atoms with Crippen LogP contribution in [0.3, 0.4) is 0 Å². The second kappa shape index (κ2) is 7.45. The van der Waals surface area contributed by atoms with Crippen LogP contribution in [0.1, 0.15) is 26.2 Å². The summed E-state index contributed by atoms with van der Waals surface area (Å²) in [6.07, 6.45) is 3.14. The number of aliphatic imine (C=N–C) groups is 1. The van der Waals surface area contributed by atoms with E-state index in [4.69, 9.17) is 0 Å². The SMILES string of the molecule is CCNC(=NCC1CCCN(C)C1)NC1CCS(=O)(=O)C1. The van der Waals surface area contributed by atoms with Crippen molar-refractivity contribution < 1.29 is 8.42 Å². The molecular weight excluding hydrogens is 288 g/mol. The first-order chi connectivity index (χ1) is 9.98. The smallest absolute Gasteiger partial charge is 0.191 e. The van der Waals surface area contributed by atoms with Crippen LogP contribution in [-0.2, 0) is 9.84 Å². The predicted molar refractivity (Wildman–Crippen MR) is 86.4 cm³/mol. The van der Waals surface area contributed by atoms with Gasteiger partial charge in [0.25, 0.3) is 0 Å². The number of hydrogen-bond donors (Lipinski definition) is 2. The van der Waals surface area contributed by atoms with E-state index >= 15 is 0 Å². The van der Waals surface area contributed by atoms with Gasteiger partial charge >= 0.3 is 0 Å². The lowest BCUT2D eigenvalue weighted by atomic mass is 9.99. The van der Waals surface area contributed by atoms with Crippen LogP contribution in [0.25, 0.3) is 0 Å². The highest BCUT2D eigenvalue weighted by Gasteiger charge is 2.28. The van der Waals surface area contributed by atoms with Gasteiger partial charge < -0.3 is 15.5 Å². The first kappa shape index (κ1) is 16.5. The molecule has 0 aromatic carbocycles. The van der Waals surface area contributed by atoms with E-state index in [9.17, 15) is 8.42 Å². The Hall–Kier alpha value is -0.820. The molecule has 21 heavy (non-hydrogen) atoms. The first-order valence-corrected chi connectivity index (χ1v) is 9.74. The fraction of sp³-hybridized carbons (Fsp3) is 0.929. The highest BCUT2D eigenvalue weighted by molar-refractivity contribution is 7.91. The van der Waals surface area contributed by atoms with Gasteiger partial charge in [-0.2, -0.15) is 0 Å². The minimum atomic E-state index is -2.85. The third kappa shape index (κ3) is 5.47. The molecule has 2 atom stereocenters. The van der Waals surface area contributed by atoms with Crippen LogP contribution in [0, 0.1) is 5.92 Å². The molecule has 0 radical (unpaired) electrons. The second-order valence-corrected chi connectivity index (χ2v) is 8.46. The van der Waals surface area contributed by atoms with Crippen molar-refractivity contribution in [2.75, 3.05) is 44.7 Å². The number of nitrogens with zero attached hydrogens (tertiary/aromatic N) is 2. The maximum atomic E-state index is 11.5. The van der Waals surface area contributed by atoms with Gasteiger partial charge in [0.15, 0.2) is 15.8 Å². The summed E-state index contributed by atoms with van der Waals surface area (Å²) in [4.78, 5) is 7.01. The Morgan fingerprint density at radius 2 is 2.19 bits per heavy atom. The van der Waals surface area contributed by atoms with Crippen LogP contribution in [0.15, 0.2) is 4.99 Å². The van der Waals surface area contributed by atoms with Crippen LogP contribution >= 0.6 is 0 Å². The Bertz CT molecular complexity index is 464. The number of hydrogen-bond acceptors (Lipinski definition) is 4. The molecule has 0 bridgehead atoms. The van der Waals surface area contributed by atoms with Crippen molar-refractivity contribution in [3.63, 3.8) is 0 Å². The summed E-state index contributed by atoms with van der Waals surface area (Å²) in [6.45, 7) is 5.89. The van der Waals surface area contributed by atoms with E-state index in [2.05, 4.69) is 27.6 Å². The molecule has 2 saturated heterocycles. The van der Waals surface area contributed by atoms with Gasteiger partial charge in [-0.25, -0.2) is 8.42 Å². The molecule has 0 amide bonds. The number of rotatable bonds is 4. The zero-order valence-corrected chi connectivity index (χ0v) is 14.0. The lowest BCUT2D eigenvalue weighted by molar-refractivity contribution is 0.214. The molecule has 6 nitrogen and oxygen atoms in total. The summed E-state index contributed by atoms with van der Waals surface area (Å²) in [5.41, 5.74) is 0. The van der Waals surface area contributed by atoms with E-state index in [0.29, 0.717) is 12.3 Å². The molecular formula is C14H28N4O2S. The van der Waals surface area contributed by atoms with Crippen LogP contribution < -0.4 is 10.6 Å². The van der Waals surface area contributed by atoms with Gasteiger partial charge in [-0.1, -0.05) is 0 Å². The Morgan fingerprint density at radius 3 is 2.81 bits per heavy atom. The second-order valence-electron chi connectivity index (χ2n) is 6.23. The quantitative estimate of drug-likeness (QED) is 0.567. The van der Waals surface area contributed by atoms with Gasteiger partial charge in [0.2, 0.25) is 0 Å². The van der Waals surface area contributed by atoms with Crippen molar-refractivity contribution in [3.8, 4) is 0 Å². The molecule has 0 saturated carbocycles. The van der Waals surface area contributed by atoms with Crippen molar-refractivity contribution in [1.82, 2.24) is 15.5 Å². The molecule has 0 aromatic heterocycles. The number of guanidine groups is 1. The molecule has 122 valence electrons. The van der Waals surface area contributed by atoms with Crippen LogP contribution in [-0.4, -0.2) is 70.1 Å². The van der Waals surface area contributed by atoms with E-state index in [1.807, 2.05) is 6.92 Å². The van der Waals surface area contributed by atoms with Crippen LogP contribution in [0.4, 0.5) is 0 Å². The third-order valence-corrected chi connectivity index (χ3v) is 5.92. The Labute approximate surface area is 128 Å². The predicted octanol–water partition coefficient (Wildman–Crippen LogP) is 0.0704. The van der Waals surface area contributed by atoms with E-state index in [-0.39, 0.29) is 17.5 Å². The monoisotopic (exact) mass is 316 g/mol. The average molecular weight is 316 g/mol. The van der Waals surface area contributed by atoms with Crippen molar-refractivity contribution in [3.05, 3.63) is 0 Å². The number of likely N-dealkylation sites (tertiary alicyclic amines) is 1. The molecule has 2 fully saturated rings. The van der Waals surface area contributed by atoms with Gasteiger partial charge in [-0.15, -0.1) is 0 Å². The van der Waals surface area contributed by atoms with E-state index in [1.165, 1.54) is 19.4 Å². The molecule has 0 spiro atoms. The molecule has 0 aliphatic carbocycles. The molecule has 2 aliphatic heterocycles. The molecule has 7 heteroatoms. The zero-order valence-electron chi connectivity index (χ0n) is 13.1. The van der Waals surface area contributed by atoms with Crippen molar-refractivity contribution >= 4 is 15.8 Å². The average Bonchev–Trinajstić information content (AvgIpc) is 2.76. The zero-order chi connectivity index (χ0) is 15.3. The summed E-state index contributed by atoms with van der Waals surface area (Å²) in [5, 5.41) is 6.49. The van der Waals surface area contributed by atoms with Crippen LogP contribution in [0.5, 0.6) is 0 Å². The summed E-state index contributed by atoms with van der Waals surface area (Å²) in [7, 11) is -0.695. The molecule has 2 N–H and O–H groups in total. The fourth-order valence-electron chi connectivity index (χ4n) is 3.06. The number of nitrogens with one attached hydrogen (secondary N) is 2. The Balaban J connectivity index is 1.87. The molecule has 2 rings (SSSR count). The summed E-state index contributed by atoms with van der Waals surface area (Å²) in [5.74, 6) is 1.88. The summed E-state index contributed by atoms with van der Waals surface area (Å²) < 4.78 is 23.0. The number of sulfone groups is 1. The Kier molecular flexibility index (Phi) is 5.87. The lowest BCUT2D eigenvalue weighted by Gasteiger charge is -2.28. The van der Waals surface area contributed by atoms with Gasteiger partial charge in [0.1, 0.15) is 0 Å². The number of piperidine rings is 1. The van der Waals surface area contributed by atoms with Gasteiger partial charge in [-0.3, -0.25) is 4.99 Å². The van der Waals surface area contributed by atoms with Crippen molar-refractivity contribution in [1.29, 1.82) is 0 Å². The minimum Gasteiger partial charge on any atom is -0.357 e. The third-order valence-electron chi connectivity index (χ3n) is 4.15. The molecule has 2 heterocycles. The molecule has 2 unspecified atom stereocenters.